The fourth-order valence-corrected chi connectivity index (χ4v) is 2.85. The second kappa shape index (κ2) is 5.67. The first-order valence-electron chi connectivity index (χ1n) is 6.50. The number of amides is 1. The first-order valence-corrected chi connectivity index (χ1v) is 7.42. The summed E-state index contributed by atoms with van der Waals surface area (Å²) in [7, 11) is 0. The highest BCUT2D eigenvalue weighted by atomic mass is 79.9. The molecule has 1 amide bonds. The molecule has 0 aliphatic carbocycles. The molecular weight excluding hydrogens is 318 g/mol. The van der Waals surface area contributed by atoms with Gasteiger partial charge in [0.05, 0.1) is 5.69 Å². The van der Waals surface area contributed by atoms with E-state index >= 15 is 0 Å². The second-order valence-electron chi connectivity index (χ2n) is 4.69. The van der Waals surface area contributed by atoms with Crippen molar-refractivity contribution in [3.8, 4) is 11.5 Å². The van der Waals surface area contributed by atoms with Crippen molar-refractivity contribution in [1.29, 1.82) is 0 Å². The van der Waals surface area contributed by atoms with Crippen molar-refractivity contribution < 1.29 is 9.53 Å². The third kappa shape index (κ3) is 2.70. The van der Waals surface area contributed by atoms with Crippen LogP contribution in [0, 0.1) is 0 Å². The summed E-state index contributed by atoms with van der Waals surface area (Å²) in [6, 6.07) is 17.2. The highest BCUT2D eigenvalue weighted by molar-refractivity contribution is 9.09. The van der Waals surface area contributed by atoms with Gasteiger partial charge in [-0.2, -0.15) is 0 Å². The van der Waals surface area contributed by atoms with Crippen LogP contribution < -0.4 is 9.64 Å². The smallest absolute Gasteiger partial charge is 0.228 e. The molecule has 1 unspecified atom stereocenters. The van der Waals surface area contributed by atoms with Gasteiger partial charge < -0.3 is 9.64 Å². The molecule has 1 fully saturated rings. The van der Waals surface area contributed by atoms with Crippen molar-refractivity contribution in [2.75, 3.05) is 11.4 Å². The molecule has 4 heteroatoms. The molecule has 102 valence electrons. The predicted octanol–water partition coefficient (Wildman–Crippen LogP) is 3.98. The highest BCUT2D eigenvalue weighted by Crippen LogP contribution is 2.35. The molecule has 0 saturated carbocycles. The van der Waals surface area contributed by atoms with E-state index in [1.54, 1.807) is 4.90 Å². The molecule has 1 atom stereocenters. The average Bonchev–Trinajstić information content (AvgIpc) is 2.79. The summed E-state index contributed by atoms with van der Waals surface area (Å²) in [4.78, 5) is 14.0. The quantitative estimate of drug-likeness (QED) is 0.796. The van der Waals surface area contributed by atoms with Gasteiger partial charge in [-0.3, -0.25) is 4.79 Å². The summed E-state index contributed by atoms with van der Waals surface area (Å²) in [6.07, 6.45) is 0.527. The SMILES string of the molecule is O=C1CC(Br)CN1c1ccccc1Oc1ccccc1. The Morgan fingerprint density at radius 3 is 2.45 bits per heavy atom. The van der Waals surface area contributed by atoms with Crippen LogP contribution in [-0.2, 0) is 4.79 Å². The predicted molar refractivity (Wildman–Crippen MR) is 82.6 cm³/mol. The molecule has 1 saturated heterocycles. The Labute approximate surface area is 126 Å². The molecule has 20 heavy (non-hydrogen) atoms. The second-order valence-corrected chi connectivity index (χ2v) is 5.98. The van der Waals surface area contributed by atoms with Crippen LogP contribution in [0.4, 0.5) is 5.69 Å². The van der Waals surface area contributed by atoms with Crippen LogP contribution in [-0.4, -0.2) is 17.3 Å². The summed E-state index contributed by atoms with van der Waals surface area (Å²) in [5, 5.41) is 0. The Morgan fingerprint density at radius 2 is 1.75 bits per heavy atom. The standard InChI is InChI=1S/C16H14BrNO2/c17-12-10-16(19)18(11-12)14-8-4-5-9-15(14)20-13-6-2-1-3-7-13/h1-9,12H,10-11H2. The van der Waals surface area contributed by atoms with Crippen LogP contribution in [0.2, 0.25) is 0 Å². The van der Waals surface area contributed by atoms with Gasteiger partial charge in [-0.05, 0) is 24.3 Å². The van der Waals surface area contributed by atoms with Gasteiger partial charge in [0.2, 0.25) is 5.91 Å². The van der Waals surface area contributed by atoms with Crippen LogP contribution >= 0.6 is 15.9 Å². The number of carbonyl (C=O) groups excluding carboxylic acids is 1. The van der Waals surface area contributed by atoms with E-state index in [9.17, 15) is 4.79 Å². The normalized spacial score (nSPS) is 18.4. The van der Waals surface area contributed by atoms with Gasteiger partial charge in [-0.15, -0.1) is 0 Å². The summed E-state index contributed by atoms with van der Waals surface area (Å²) < 4.78 is 5.90. The fraction of sp³-hybridized carbons (Fsp3) is 0.188. The van der Waals surface area contributed by atoms with E-state index in [2.05, 4.69) is 15.9 Å². The van der Waals surface area contributed by atoms with Gasteiger partial charge in [0.15, 0.2) is 5.75 Å². The first-order chi connectivity index (χ1) is 9.74. The van der Waals surface area contributed by atoms with E-state index < -0.39 is 0 Å². The number of para-hydroxylation sites is 3. The molecule has 3 nitrogen and oxygen atoms in total. The van der Waals surface area contributed by atoms with E-state index in [1.165, 1.54) is 0 Å². The number of halogens is 1. The van der Waals surface area contributed by atoms with Crippen molar-refractivity contribution >= 4 is 27.5 Å². The minimum Gasteiger partial charge on any atom is -0.455 e. The maximum absolute atomic E-state index is 12.0. The van der Waals surface area contributed by atoms with Crippen LogP contribution in [0.15, 0.2) is 54.6 Å². The van der Waals surface area contributed by atoms with E-state index in [0.29, 0.717) is 18.7 Å². The number of hydrogen-bond donors (Lipinski definition) is 0. The Hall–Kier alpha value is -1.81. The van der Waals surface area contributed by atoms with Crippen LogP contribution in [0.3, 0.4) is 0 Å². The first kappa shape index (κ1) is 13.2. The Morgan fingerprint density at radius 1 is 1.05 bits per heavy atom. The molecular formula is C16H14BrNO2. The lowest BCUT2D eigenvalue weighted by atomic mass is 10.2. The zero-order valence-electron chi connectivity index (χ0n) is 10.8. The Balaban J connectivity index is 1.91. The third-order valence-electron chi connectivity index (χ3n) is 3.20. The lowest BCUT2D eigenvalue weighted by Gasteiger charge is -2.19. The summed E-state index contributed by atoms with van der Waals surface area (Å²) in [5.41, 5.74) is 0.823. The van der Waals surface area contributed by atoms with Gasteiger partial charge in [0, 0.05) is 17.8 Å². The minimum absolute atomic E-state index is 0.121. The summed E-state index contributed by atoms with van der Waals surface area (Å²) in [5.74, 6) is 1.59. The largest absolute Gasteiger partial charge is 0.455 e. The zero-order chi connectivity index (χ0) is 13.9. The molecule has 0 bridgehead atoms. The van der Waals surface area contributed by atoms with Crippen molar-refractivity contribution in [1.82, 2.24) is 0 Å². The maximum Gasteiger partial charge on any atom is 0.228 e. The highest BCUT2D eigenvalue weighted by Gasteiger charge is 2.30. The van der Waals surface area contributed by atoms with E-state index in [-0.39, 0.29) is 10.7 Å². The third-order valence-corrected chi connectivity index (χ3v) is 3.82. The van der Waals surface area contributed by atoms with Crippen LogP contribution in [0.25, 0.3) is 0 Å². The average molecular weight is 332 g/mol. The Bertz CT molecular complexity index is 615. The molecule has 1 heterocycles. The number of carbonyl (C=O) groups is 1. The molecule has 2 aromatic rings. The molecule has 2 aromatic carbocycles. The van der Waals surface area contributed by atoms with Crippen LogP contribution in [0.1, 0.15) is 6.42 Å². The van der Waals surface area contributed by atoms with Crippen molar-refractivity contribution in [2.24, 2.45) is 0 Å². The topological polar surface area (TPSA) is 29.5 Å². The van der Waals surface area contributed by atoms with Gasteiger partial charge >= 0.3 is 0 Å². The van der Waals surface area contributed by atoms with Crippen molar-refractivity contribution in [2.45, 2.75) is 11.2 Å². The lowest BCUT2D eigenvalue weighted by molar-refractivity contribution is -0.117. The fourth-order valence-electron chi connectivity index (χ4n) is 2.28. The summed E-state index contributed by atoms with van der Waals surface area (Å²) >= 11 is 3.50. The van der Waals surface area contributed by atoms with Gasteiger partial charge in [-0.1, -0.05) is 46.3 Å². The minimum atomic E-state index is 0.121. The van der Waals surface area contributed by atoms with E-state index in [0.717, 1.165) is 11.4 Å². The van der Waals surface area contributed by atoms with Crippen molar-refractivity contribution in [3.63, 3.8) is 0 Å². The number of hydrogen-bond acceptors (Lipinski definition) is 2. The number of alkyl halides is 1. The zero-order valence-corrected chi connectivity index (χ0v) is 12.4. The van der Waals surface area contributed by atoms with Gasteiger partial charge in [0.1, 0.15) is 5.75 Å². The lowest BCUT2D eigenvalue weighted by Crippen LogP contribution is -2.24. The molecule has 0 N–H and O–H groups in total. The molecule has 3 rings (SSSR count). The Kier molecular flexibility index (Phi) is 3.74. The molecule has 0 radical (unpaired) electrons. The molecule has 0 spiro atoms. The number of nitrogens with zero attached hydrogens (tertiary/aromatic N) is 1. The summed E-state index contributed by atoms with van der Waals surface area (Å²) in [6.45, 7) is 0.675. The number of ether oxygens (including phenoxy) is 1. The van der Waals surface area contributed by atoms with Crippen LogP contribution in [0.5, 0.6) is 11.5 Å². The van der Waals surface area contributed by atoms with E-state index in [1.807, 2.05) is 54.6 Å². The molecule has 0 aromatic heterocycles. The maximum atomic E-state index is 12.0. The molecule has 1 aliphatic heterocycles. The molecule has 1 aliphatic rings. The number of anilines is 1. The van der Waals surface area contributed by atoms with Gasteiger partial charge in [-0.25, -0.2) is 0 Å². The van der Waals surface area contributed by atoms with Crippen molar-refractivity contribution in [3.05, 3.63) is 54.6 Å². The number of rotatable bonds is 3. The van der Waals surface area contributed by atoms with Gasteiger partial charge in [0.25, 0.3) is 0 Å². The van der Waals surface area contributed by atoms with E-state index in [4.69, 9.17) is 4.74 Å². The number of benzene rings is 2. The monoisotopic (exact) mass is 331 g/mol.